The van der Waals surface area contributed by atoms with E-state index >= 15 is 0 Å². The molecule has 8 nitrogen and oxygen atoms in total. The van der Waals surface area contributed by atoms with Crippen LogP contribution in [-0.2, 0) is 14.1 Å². The van der Waals surface area contributed by atoms with E-state index in [0.717, 1.165) is 4.57 Å². The van der Waals surface area contributed by atoms with Crippen molar-refractivity contribution in [2.75, 3.05) is 7.11 Å². The van der Waals surface area contributed by atoms with Gasteiger partial charge in [0.2, 0.25) is 0 Å². The molecule has 3 rings (SSSR count). The first kappa shape index (κ1) is 16.7. The molecule has 0 saturated heterocycles. The molecule has 0 radical (unpaired) electrons. The van der Waals surface area contributed by atoms with Crippen LogP contribution in [0.15, 0.2) is 40.2 Å². The number of ether oxygens (including phenoxy) is 1. The normalized spacial score (nSPS) is 12.3. The summed E-state index contributed by atoms with van der Waals surface area (Å²) in [7, 11) is 4.49. The Hall–Kier alpha value is -3.16. The lowest BCUT2D eigenvalue weighted by atomic mass is 10.1. The van der Waals surface area contributed by atoms with Crippen molar-refractivity contribution in [3.8, 4) is 5.75 Å². The lowest BCUT2D eigenvalue weighted by Gasteiger charge is -2.14. The number of aryl methyl sites for hydroxylation is 1. The van der Waals surface area contributed by atoms with Crippen LogP contribution in [0.25, 0.3) is 11.2 Å². The van der Waals surface area contributed by atoms with Crippen molar-refractivity contribution in [1.29, 1.82) is 0 Å². The number of rotatable bonds is 4. The smallest absolute Gasteiger partial charge is 0.332 e. The van der Waals surface area contributed by atoms with Crippen LogP contribution in [0.1, 0.15) is 23.3 Å². The third-order valence-corrected chi connectivity index (χ3v) is 4.34. The lowest BCUT2D eigenvalue weighted by molar-refractivity contribution is 0.0936. The first-order valence-corrected chi connectivity index (χ1v) is 7.67. The van der Waals surface area contributed by atoms with Crippen molar-refractivity contribution in [2.24, 2.45) is 14.1 Å². The summed E-state index contributed by atoms with van der Waals surface area (Å²) in [6.07, 6.45) is 1.41. The molecule has 1 atom stereocenters. The number of nitrogens with zero attached hydrogens (tertiary/aromatic N) is 4. The number of hydrogen-bond donors (Lipinski definition) is 0. The summed E-state index contributed by atoms with van der Waals surface area (Å²) < 4.78 is 8.89. The first-order valence-electron chi connectivity index (χ1n) is 7.67. The Balaban J connectivity index is 2.11. The Morgan fingerprint density at radius 3 is 2.36 bits per heavy atom. The molecule has 0 aliphatic carbocycles. The van der Waals surface area contributed by atoms with Gasteiger partial charge in [-0.15, -0.1) is 0 Å². The zero-order chi connectivity index (χ0) is 18.3. The highest BCUT2D eigenvalue weighted by atomic mass is 16.5. The number of carbonyl (C=O) groups is 1. The van der Waals surface area contributed by atoms with Gasteiger partial charge in [-0.05, 0) is 31.2 Å². The van der Waals surface area contributed by atoms with Crippen LogP contribution in [0.2, 0.25) is 0 Å². The maximum atomic E-state index is 12.8. The second-order valence-corrected chi connectivity index (χ2v) is 5.80. The molecule has 8 heteroatoms. The van der Waals surface area contributed by atoms with Gasteiger partial charge in [0.05, 0.1) is 19.5 Å². The van der Waals surface area contributed by atoms with Crippen molar-refractivity contribution >= 4 is 16.9 Å². The van der Waals surface area contributed by atoms with E-state index in [1.165, 1.54) is 29.6 Å². The van der Waals surface area contributed by atoms with Crippen molar-refractivity contribution in [2.45, 2.75) is 13.0 Å². The predicted molar refractivity (Wildman–Crippen MR) is 92.3 cm³/mol. The highest BCUT2D eigenvalue weighted by Gasteiger charge is 2.22. The lowest BCUT2D eigenvalue weighted by Crippen LogP contribution is -2.38. The van der Waals surface area contributed by atoms with E-state index in [2.05, 4.69) is 4.98 Å². The fourth-order valence-corrected chi connectivity index (χ4v) is 2.78. The van der Waals surface area contributed by atoms with Crippen LogP contribution >= 0.6 is 0 Å². The second kappa shape index (κ2) is 6.04. The number of fused-ring (bicyclic) bond motifs is 1. The fourth-order valence-electron chi connectivity index (χ4n) is 2.78. The first-order chi connectivity index (χ1) is 11.9. The van der Waals surface area contributed by atoms with E-state index in [4.69, 9.17) is 4.74 Å². The number of carbonyl (C=O) groups excluding carboxylic acids is 1. The van der Waals surface area contributed by atoms with Crippen LogP contribution in [0.3, 0.4) is 0 Å². The second-order valence-electron chi connectivity index (χ2n) is 5.80. The van der Waals surface area contributed by atoms with Crippen molar-refractivity contribution < 1.29 is 9.53 Å². The highest BCUT2D eigenvalue weighted by molar-refractivity contribution is 5.99. The Labute approximate surface area is 142 Å². The summed E-state index contributed by atoms with van der Waals surface area (Å²) in [6.45, 7) is 1.69. The van der Waals surface area contributed by atoms with Crippen LogP contribution in [0.4, 0.5) is 0 Å². The summed E-state index contributed by atoms with van der Waals surface area (Å²) in [5.74, 6) is 0.485. The third-order valence-electron chi connectivity index (χ3n) is 4.34. The van der Waals surface area contributed by atoms with Crippen LogP contribution in [0.5, 0.6) is 5.75 Å². The summed E-state index contributed by atoms with van der Waals surface area (Å²) in [5.41, 5.74) is 0.0279. The number of methoxy groups -OCH3 is 1. The van der Waals surface area contributed by atoms with Crippen molar-refractivity contribution in [1.82, 2.24) is 18.7 Å². The molecule has 0 fully saturated rings. The van der Waals surface area contributed by atoms with Gasteiger partial charge in [0, 0.05) is 19.7 Å². The molecule has 0 spiro atoms. The summed E-state index contributed by atoms with van der Waals surface area (Å²) in [5, 5.41) is 0. The van der Waals surface area contributed by atoms with Crippen LogP contribution in [0, 0.1) is 0 Å². The molecular formula is C17H18N4O4. The molecular weight excluding hydrogens is 324 g/mol. The monoisotopic (exact) mass is 342 g/mol. The van der Waals surface area contributed by atoms with E-state index in [1.54, 1.807) is 38.3 Å². The molecule has 0 aliphatic rings. The number of benzene rings is 1. The number of Topliss-reactive ketones (excluding diaryl/α,β-unsaturated/α-hetero) is 1. The van der Waals surface area contributed by atoms with Gasteiger partial charge in [0.25, 0.3) is 5.56 Å². The van der Waals surface area contributed by atoms with Crippen molar-refractivity contribution in [3.05, 3.63) is 57.0 Å². The van der Waals surface area contributed by atoms with Gasteiger partial charge in [0.15, 0.2) is 16.9 Å². The van der Waals surface area contributed by atoms with E-state index in [1.807, 2.05) is 0 Å². The molecule has 2 heterocycles. The number of imidazole rings is 1. The standard InChI is InChI=1S/C17H18N4O4/c1-10(14(22)11-5-7-12(25-4)8-6-11)21-9-18-15-13(21)16(23)20(3)17(24)19(15)2/h5-10H,1-4H3/t10-/m1/s1. The van der Waals surface area contributed by atoms with Gasteiger partial charge in [-0.1, -0.05) is 0 Å². The summed E-state index contributed by atoms with van der Waals surface area (Å²) >= 11 is 0. The number of ketones is 1. The van der Waals surface area contributed by atoms with Crippen LogP contribution < -0.4 is 16.0 Å². The molecule has 3 aromatic rings. The fraction of sp³-hybridized carbons (Fsp3) is 0.294. The Morgan fingerprint density at radius 1 is 1.12 bits per heavy atom. The zero-order valence-corrected chi connectivity index (χ0v) is 14.4. The van der Waals surface area contributed by atoms with Gasteiger partial charge < -0.3 is 9.30 Å². The van der Waals surface area contributed by atoms with Gasteiger partial charge in [-0.2, -0.15) is 0 Å². The molecule has 0 N–H and O–H groups in total. The quantitative estimate of drug-likeness (QED) is 0.657. The van der Waals surface area contributed by atoms with Gasteiger partial charge in [-0.25, -0.2) is 9.78 Å². The molecule has 0 saturated carbocycles. The highest BCUT2D eigenvalue weighted by Crippen LogP contribution is 2.20. The minimum Gasteiger partial charge on any atom is -0.497 e. The maximum Gasteiger partial charge on any atom is 0.332 e. The molecule has 1 aromatic carbocycles. The van der Waals surface area contributed by atoms with Crippen molar-refractivity contribution in [3.63, 3.8) is 0 Å². The van der Waals surface area contributed by atoms with E-state index < -0.39 is 17.3 Å². The minimum absolute atomic E-state index is 0.169. The maximum absolute atomic E-state index is 12.8. The molecule has 25 heavy (non-hydrogen) atoms. The Morgan fingerprint density at radius 2 is 1.76 bits per heavy atom. The average molecular weight is 342 g/mol. The largest absolute Gasteiger partial charge is 0.497 e. The minimum atomic E-state index is -0.649. The summed E-state index contributed by atoms with van der Waals surface area (Å²) in [4.78, 5) is 41.4. The van der Waals surface area contributed by atoms with E-state index in [-0.39, 0.29) is 16.9 Å². The Bertz CT molecular complexity index is 1070. The van der Waals surface area contributed by atoms with E-state index in [9.17, 15) is 14.4 Å². The van der Waals surface area contributed by atoms with Gasteiger partial charge in [-0.3, -0.25) is 18.7 Å². The molecule has 0 amide bonds. The summed E-state index contributed by atoms with van der Waals surface area (Å²) in [6, 6.07) is 6.10. The van der Waals surface area contributed by atoms with E-state index in [0.29, 0.717) is 11.3 Å². The van der Waals surface area contributed by atoms with Gasteiger partial charge >= 0.3 is 5.69 Å². The zero-order valence-electron chi connectivity index (χ0n) is 14.4. The van der Waals surface area contributed by atoms with Crippen LogP contribution in [-0.4, -0.2) is 31.6 Å². The molecule has 0 bridgehead atoms. The SMILES string of the molecule is COc1ccc(C(=O)[C@@H](C)n2cnc3c2c(=O)n(C)c(=O)n3C)cc1. The molecule has 130 valence electrons. The number of aromatic nitrogens is 4. The molecule has 0 unspecified atom stereocenters. The third kappa shape index (κ3) is 2.55. The predicted octanol–water partition coefficient (Wildman–Crippen LogP) is 0.886. The van der Waals surface area contributed by atoms with Gasteiger partial charge in [0.1, 0.15) is 5.75 Å². The molecule has 2 aromatic heterocycles. The average Bonchev–Trinajstić information content (AvgIpc) is 3.08. The topological polar surface area (TPSA) is 88.1 Å². The Kier molecular flexibility index (Phi) is 4.03. The molecule has 0 aliphatic heterocycles. The number of hydrogen-bond acceptors (Lipinski definition) is 5.